The molecular formula is C17H26N2O4. The van der Waals surface area contributed by atoms with Crippen molar-refractivity contribution in [2.45, 2.75) is 26.4 Å². The number of hydrogen-bond acceptors (Lipinski definition) is 5. The molecule has 6 nitrogen and oxygen atoms in total. The zero-order chi connectivity index (χ0) is 17.1. The number of carbonyl (C=O) groups excluding carboxylic acids is 1. The van der Waals surface area contributed by atoms with Crippen LogP contribution in [-0.4, -0.2) is 38.0 Å². The van der Waals surface area contributed by atoms with Crippen molar-refractivity contribution in [1.29, 1.82) is 0 Å². The molecular weight excluding hydrogens is 296 g/mol. The predicted molar refractivity (Wildman–Crippen MR) is 89.9 cm³/mol. The van der Waals surface area contributed by atoms with Crippen molar-refractivity contribution < 1.29 is 19.0 Å². The van der Waals surface area contributed by atoms with Crippen LogP contribution in [0.3, 0.4) is 0 Å². The lowest BCUT2D eigenvalue weighted by Crippen LogP contribution is -2.39. The molecule has 0 bridgehead atoms. The van der Waals surface area contributed by atoms with Gasteiger partial charge >= 0.3 is 6.09 Å². The summed E-state index contributed by atoms with van der Waals surface area (Å²) in [4.78, 5) is 11.7. The number of hydrogen-bond donors (Lipinski definition) is 2. The van der Waals surface area contributed by atoms with Gasteiger partial charge in [0, 0.05) is 19.2 Å². The van der Waals surface area contributed by atoms with Crippen LogP contribution in [0.25, 0.3) is 0 Å². The molecule has 0 atom stereocenters. The molecule has 0 aliphatic carbocycles. The minimum atomic E-state index is -0.761. The van der Waals surface area contributed by atoms with E-state index in [-0.39, 0.29) is 6.61 Å². The molecule has 0 heterocycles. The van der Waals surface area contributed by atoms with Crippen LogP contribution in [0.4, 0.5) is 4.79 Å². The first-order valence-corrected chi connectivity index (χ1v) is 7.64. The quantitative estimate of drug-likeness (QED) is 0.683. The average Bonchev–Trinajstić information content (AvgIpc) is 2.50. The van der Waals surface area contributed by atoms with Crippen molar-refractivity contribution in [3.05, 3.63) is 36.4 Å². The number of ether oxygens (including phenoxy) is 3. The molecule has 23 heavy (non-hydrogen) atoms. The van der Waals surface area contributed by atoms with Crippen LogP contribution in [0.2, 0.25) is 0 Å². The Morgan fingerprint density at radius 2 is 1.96 bits per heavy atom. The summed E-state index contributed by atoms with van der Waals surface area (Å²) in [6, 6.07) is 7.35. The zero-order valence-electron chi connectivity index (χ0n) is 14.0. The third-order valence-corrected chi connectivity index (χ3v) is 2.74. The van der Waals surface area contributed by atoms with E-state index < -0.39 is 11.7 Å². The maximum atomic E-state index is 11.7. The summed E-state index contributed by atoms with van der Waals surface area (Å²) >= 11 is 0. The highest BCUT2D eigenvalue weighted by atomic mass is 16.6. The van der Waals surface area contributed by atoms with Gasteiger partial charge in [0.1, 0.15) is 23.7 Å². The van der Waals surface area contributed by atoms with E-state index in [2.05, 4.69) is 5.32 Å². The van der Waals surface area contributed by atoms with Crippen LogP contribution in [-0.2, 0) is 4.74 Å². The molecule has 0 unspecified atom stereocenters. The average molecular weight is 322 g/mol. The molecule has 0 radical (unpaired) electrons. The largest absolute Gasteiger partial charge is 0.494 e. The van der Waals surface area contributed by atoms with Crippen LogP contribution in [0.15, 0.2) is 36.4 Å². The fourth-order valence-corrected chi connectivity index (χ4v) is 1.72. The molecule has 1 amide bonds. The van der Waals surface area contributed by atoms with Gasteiger partial charge in [0.05, 0.1) is 6.61 Å². The smallest absolute Gasteiger partial charge is 0.408 e. The SMILES string of the molecule is CCOc1cccc(OCC(C)(C)OC(=O)NC/C=C/CN)c1. The Bertz CT molecular complexity index is 515. The van der Waals surface area contributed by atoms with Gasteiger partial charge in [0.2, 0.25) is 0 Å². The minimum absolute atomic E-state index is 0.231. The highest BCUT2D eigenvalue weighted by Gasteiger charge is 2.24. The van der Waals surface area contributed by atoms with Crippen molar-refractivity contribution in [2.75, 3.05) is 26.3 Å². The topological polar surface area (TPSA) is 82.8 Å². The maximum Gasteiger partial charge on any atom is 0.408 e. The molecule has 3 N–H and O–H groups in total. The first-order valence-electron chi connectivity index (χ1n) is 7.64. The molecule has 6 heteroatoms. The van der Waals surface area contributed by atoms with Crippen LogP contribution in [0.5, 0.6) is 11.5 Å². The molecule has 0 aliphatic rings. The summed E-state index contributed by atoms with van der Waals surface area (Å²) in [7, 11) is 0. The van der Waals surface area contributed by atoms with Crippen LogP contribution >= 0.6 is 0 Å². The third kappa shape index (κ3) is 8.11. The van der Waals surface area contributed by atoms with Crippen molar-refractivity contribution >= 4 is 6.09 Å². The monoisotopic (exact) mass is 322 g/mol. The van der Waals surface area contributed by atoms with E-state index in [9.17, 15) is 4.79 Å². The lowest BCUT2D eigenvalue weighted by molar-refractivity contribution is 0.00476. The second kappa shape index (κ2) is 9.74. The van der Waals surface area contributed by atoms with Gasteiger partial charge in [-0.1, -0.05) is 18.2 Å². The highest BCUT2D eigenvalue weighted by molar-refractivity contribution is 5.67. The standard InChI is InChI=1S/C17H26N2O4/c1-4-21-14-8-7-9-15(12-14)22-13-17(2,3)23-16(20)19-11-6-5-10-18/h5-9,12H,4,10-11,13,18H2,1-3H3,(H,19,20)/b6-5+. The van der Waals surface area contributed by atoms with Crippen molar-refractivity contribution in [3.63, 3.8) is 0 Å². The second-order valence-electron chi connectivity index (χ2n) is 5.43. The molecule has 1 aromatic carbocycles. The van der Waals surface area contributed by atoms with E-state index in [0.717, 1.165) is 5.75 Å². The highest BCUT2D eigenvalue weighted by Crippen LogP contribution is 2.21. The zero-order valence-corrected chi connectivity index (χ0v) is 14.0. The lowest BCUT2D eigenvalue weighted by atomic mass is 10.1. The van der Waals surface area contributed by atoms with Gasteiger partial charge in [-0.05, 0) is 32.9 Å². The normalized spacial score (nSPS) is 11.3. The summed E-state index contributed by atoms with van der Waals surface area (Å²) in [5, 5.41) is 2.62. The first kappa shape index (κ1) is 18.8. The fraction of sp³-hybridized carbons (Fsp3) is 0.471. The van der Waals surface area contributed by atoms with Crippen molar-refractivity contribution in [1.82, 2.24) is 5.32 Å². The molecule has 1 rings (SSSR count). The van der Waals surface area contributed by atoms with Crippen LogP contribution in [0.1, 0.15) is 20.8 Å². The van der Waals surface area contributed by atoms with E-state index in [1.165, 1.54) is 0 Å². The van der Waals surface area contributed by atoms with Gasteiger partial charge in [0.15, 0.2) is 0 Å². The third-order valence-electron chi connectivity index (χ3n) is 2.74. The lowest BCUT2D eigenvalue weighted by Gasteiger charge is -2.25. The Morgan fingerprint density at radius 1 is 1.26 bits per heavy atom. The van der Waals surface area contributed by atoms with Crippen molar-refractivity contribution in [2.24, 2.45) is 5.73 Å². The molecule has 0 aliphatic heterocycles. The molecule has 0 aromatic heterocycles. The second-order valence-corrected chi connectivity index (χ2v) is 5.43. The van der Waals surface area contributed by atoms with E-state index in [1.807, 2.05) is 25.1 Å². The Hall–Kier alpha value is -2.21. The van der Waals surface area contributed by atoms with Gasteiger partial charge < -0.3 is 25.3 Å². The van der Waals surface area contributed by atoms with E-state index in [4.69, 9.17) is 19.9 Å². The van der Waals surface area contributed by atoms with Crippen LogP contribution in [0, 0.1) is 0 Å². The molecule has 0 saturated heterocycles. The van der Waals surface area contributed by atoms with E-state index in [1.54, 1.807) is 32.1 Å². The number of alkyl carbamates (subject to hydrolysis) is 1. The Labute approximate surface area is 137 Å². The molecule has 128 valence electrons. The fourth-order valence-electron chi connectivity index (χ4n) is 1.72. The molecule has 1 aromatic rings. The number of amides is 1. The summed E-state index contributed by atoms with van der Waals surface area (Å²) < 4.78 is 16.4. The Kier molecular flexibility index (Phi) is 7.97. The summed E-state index contributed by atoms with van der Waals surface area (Å²) in [6.07, 6.45) is 3.03. The predicted octanol–water partition coefficient (Wildman–Crippen LogP) is 2.48. The first-order chi connectivity index (χ1) is 11.0. The Morgan fingerprint density at radius 3 is 2.61 bits per heavy atom. The van der Waals surface area contributed by atoms with Gasteiger partial charge in [0.25, 0.3) is 0 Å². The number of benzene rings is 1. The Balaban J connectivity index is 2.43. The number of rotatable bonds is 9. The van der Waals surface area contributed by atoms with Gasteiger partial charge in [-0.25, -0.2) is 4.79 Å². The van der Waals surface area contributed by atoms with Gasteiger partial charge in [-0.15, -0.1) is 0 Å². The van der Waals surface area contributed by atoms with E-state index >= 15 is 0 Å². The maximum absolute atomic E-state index is 11.7. The summed E-state index contributed by atoms with van der Waals surface area (Å²) in [6.45, 7) is 7.14. The minimum Gasteiger partial charge on any atom is -0.494 e. The number of carbonyl (C=O) groups is 1. The van der Waals surface area contributed by atoms with Gasteiger partial charge in [-0.2, -0.15) is 0 Å². The number of nitrogens with two attached hydrogens (primary N) is 1. The van der Waals surface area contributed by atoms with E-state index in [0.29, 0.717) is 25.4 Å². The molecule has 0 fully saturated rings. The summed E-state index contributed by atoms with van der Waals surface area (Å²) in [5.41, 5.74) is 4.55. The molecule has 0 spiro atoms. The number of nitrogens with one attached hydrogen (secondary N) is 1. The molecule has 0 saturated carbocycles. The van der Waals surface area contributed by atoms with Crippen molar-refractivity contribution in [3.8, 4) is 11.5 Å². The van der Waals surface area contributed by atoms with Gasteiger partial charge in [-0.3, -0.25) is 0 Å². The van der Waals surface area contributed by atoms with Crippen LogP contribution < -0.4 is 20.5 Å². The summed E-state index contributed by atoms with van der Waals surface area (Å²) in [5.74, 6) is 1.41.